The molecule has 40 heavy (non-hydrogen) atoms. The minimum Gasteiger partial charge on any atom is -0.504 e. The maximum Gasteiger partial charge on any atom is 0.279 e. The summed E-state index contributed by atoms with van der Waals surface area (Å²) in [7, 11) is 0. The lowest BCUT2D eigenvalue weighted by molar-refractivity contribution is -0.168. The fraction of sp³-hybridized carbons (Fsp3) is 0.444. The summed E-state index contributed by atoms with van der Waals surface area (Å²) < 4.78 is 26.1. The fourth-order valence-corrected chi connectivity index (χ4v) is 4.88. The molecule has 2 saturated heterocycles. The van der Waals surface area contributed by atoms with Crippen LogP contribution in [0.2, 0.25) is 0 Å². The molecule has 1 atom stereocenters. The van der Waals surface area contributed by atoms with Crippen LogP contribution < -0.4 is 10.1 Å². The summed E-state index contributed by atoms with van der Waals surface area (Å²) in [5, 5.41) is 44.5. The molecule has 13 heteroatoms. The number of imide groups is 1. The van der Waals surface area contributed by atoms with Crippen LogP contribution in [0, 0.1) is 5.82 Å². The first-order valence-electron chi connectivity index (χ1n) is 13.0. The molecule has 12 nitrogen and oxygen atoms in total. The lowest BCUT2D eigenvalue weighted by atomic mass is 10.00. The molecule has 2 aromatic rings. The van der Waals surface area contributed by atoms with Crippen molar-refractivity contribution in [3.63, 3.8) is 0 Å². The Bertz CT molecular complexity index is 1300. The molecule has 1 unspecified atom stereocenters. The number of phenolic OH excluding ortho intramolecular Hbond substituents is 3. The Morgan fingerprint density at radius 1 is 1.05 bits per heavy atom. The molecule has 0 bridgehead atoms. The smallest absolute Gasteiger partial charge is 0.279 e. The Balaban J connectivity index is 0.00000181. The lowest BCUT2D eigenvalue weighted by Crippen LogP contribution is -2.63. The summed E-state index contributed by atoms with van der Waals surface area (Å²) in [5.74, 6) is -5.56. The third-order valence-corrected chi connectivity index (χ3v) is 7.10. The van der Waals surface area contributed by atoms with Gasteiger partial charge in [-0.25, -0.2) is 4.39 Å². The first-order valence-corrected chi connectivity index (χ1v) is 13.0. The maximum atomic E-state index is 15.1. The molecule has 2 fully saturated rings. The summed E-state index contributed by atoms with van der Waals surface area (Å²) in [5.41, 5.74) is -2.46. The van der Waals surface area contributed by atoms with E-state index in [-0.39, 0.29) is 42.8 Å². The predicted molar refractivity (Wildman–Crippen MR) is 137 cm³/mol. The quantitative estimate of drug-likeness (QED) is 0.198. The number of phenols is 3. The summed E-state index contributed by atoms with van der Waals surface area (Å²) in [6.45, 7) is 5.07. The number of nitrogens with zero attached hydrogens (tertiary/aromatic N) is 2. The van der Waals surface area contributed by atoms with Gasteiger partial charge in [-0.1, -0.05) is 19.9 Å². The number of aromatic hydroxyl groups is 3. The second-order valence-electron chi connectivity index (χ2n) is 9.36. The van der Waals surface area contributed by atoms with E-state index in [1.807, 2.05) is 24.1 Å². The van der Waals surface area contributed by atoms with E-state index >= 15 is 4.39 Å². The number of hydrogen-bond acceptors (Lipinski definition) is 10. The average Bonchev–Trinajstić information content (AvgIpc) is 3.31. The maximum absolute atomic E-state index is 15.1. The van der Waals surface area contributed by atoms with Gasteiger partial charge >= 0.3 is 0 Å². The molecule has 3 aliphatic heterocycles. The van der Waals surface area contributed by atoms with Gasteiger partial charge in [0.2, 0.25) is 11.6 Å². The summed E-state index contributed by atoms with van der Waals surface area (Å²) in [6.07, 6.45) is -0.430. The summed E-state index contributed by atoms with van der Waals surface area (Å²) >= 11 is 0. The van der Waals surface area contributed by atoms with Crippen LogP contribution in [0.3, 0.4) is 0 Å². The van der Waals surface area contributed by atoms with Crippen molar-refractivity contribution in [2.45, 2.75) is 52.1 Å². The highest BCUT2D eigenvalue weighted by Crippen LogP contribution is 2.43. The van der Waals surface area contributed by atoms with E-state index in [0.717, 1.165) is 4.90 Å². The molecule has 5 rings (SSSR count). The largest absolute Gasteiger partial charge is 0.504 e. The van der Waals surface area contributed by atoms with Crippen molar-refractivity contribution in [3.05, 3.63) is 46.3 Å². The standard InChI is InChI=1S/C25H26FN3O9.C2H6/c26-19-16(22(33)21(32)15(20(19)31)10-28-6-8-37-9-7-28)12-38-17-3-1-2-13-14(17)11-29(23(13)34)25(36)5-4-18(30)27-24(25)35;1-2/h1-3,31-33,36H,4-12H2,(H,27,30,35);1-2H3. The number of halogens is 1. The third-order valence-electron chi connectivity index (χ3n) is 7.10. The number of fused-ring (bicyclic) bond motifs is 1. The van der Waals surface area contributed by atoms with Crippen molar-refractivity contribution in [2.75, 3.05) is 26.3 Å². The molecular formula is C27H32FN3O9. The second-order valence-corrected chi connectivity index (χ2v) is 9.36. The van der Waals surface area contributed by atoms with Gasteiger partial charge in [0.1, 0.15) is 12.4 Å². The number of amides is 3. The number of benzene rings is 2. The van der Waals surface area contributed by atoms with Crippen LogP contribution in [0.1, 0.15) is 53.7 Å². The summed E-state index contributed by atoms with van der Waals surface area (Å²) in [4.78, 5) is 39.7. The van der Waals surface area contributed by atoms with E-state index in [1.165, 1.54) is 18.2 Å². The van der Waals surface area contributed by atoms with E-state index in [4.69, 9.17) is 9.47 Å². The highest BCUT2D eigenvalue weighted by Gasteiger charge is 2.51. The van der Waals surface area contributed by atoms with Gasteiger partial charge in [-0.15, -0.1) is 0 Å². The number of nitrogens with one attached hydrogen (secondary N) is 1. The molecule has 3 amide bonds. The number of carbonyl (C=O) groups is 3. The fourth-order valence-electron chi connectivity index (χ4n) is 4.88. The highest BCUT2D eigenvalue weighted by molar-refractivity contribution is 6.07. The Morgan fingerprint density at radius 2 is 1.73 bits per heavy atom. The predicted octanol–water partition coefficient (Wildman–Crippen LogP) is 1.46. The zero-order chi connectivity index (χ0) is 29.2. The van der Waals surface area contributed by atoms with Crippen LogP contribution in [0.4, 0.5) is 4.39 Å². The van der Waals surface area contributed by atoms with Crippen molar-refractivity contribution in [1.29, 1.82) is 0 Å². The van der Waals surface area contributed by atoms with E-state index in [9.17, 15) is 34.8 Å². The van der Waals surface area contributed by atoms with Crippen molar-refractivity contribution in [1.82, 2.24) is 15.1 Å². The first-order chi connectivity index (χ1) is 19.1. The zero-order valence-electron chi connectivity index (χ0n) is 22.2. The number of aliphatic hydroxyl groups is 1. The Kier molecular flexibility index (Phi) is 8.47. The second kappa shape index (κ2) is 11.7. The van der Waals surface area contributed by atoms with Crippen molar-refractivity contribution >= 4 is 17.7 Å². The number of hydrogen-bond donors (Lipinski definition) is 5. The molecule has 2 aromatic carbocycles. The Labute approximate surface area is 229 Å². The van der Waals surface area contributed by atoms with Gasteiger partial charge in [0.25, 0.3) is 11.8 Å². The van der Waals surface area contributed by atoms with Crippen LogP contribution in [-0.4, -0.2) is 80.0 Å². The molecule has 0 aromatic heterocycles. The van der Waals surface area contributed by atoms with Gasteiger partial charge < -0.3 is 29.9 Å². The van der Waals surface area contributed by atoms with E-state index < -0.39 is 58.7 Å². The van der Waals surface area contributed by atoms with Crippen molar-refractivity contribution in [3.8, 4) is 23.0 Å². The first kappa shape index (κ1) is 29.1. The lowest BCUT2D eigenvalue weighted by Gasteiger charge is -2.37. The Hall–Kier alpha value is -3.94. The molecule has 0 radical (unpaired) electrons. The number of carbonyl (C=O) groups excluding carboxylic acids is 3. The van der Waals surface area contributed by atoms with E-state index in [1.54, 1.807) is 0 Å². The average molecular weight is 562 g/mol. The van der Waals surface area contributed by atoms with Crippen LogP contribution in [0.15, 0.2) is 18.2 Å². The molecule has 3 heterocycles. The molecule has 5 N–H and O–H groups in total. The van der Waals surface area contributed by atoms with E-state index in [0.29, 0.717) is 31.9 Å². The van der Waals surface area contributed by atoms with Gasteiger partial charge in [0.05, 0.1) is 30.9 Å². The van der Waals surface area contributed by atoms with Gasteiger partial charge in [-0.05, 0) is 12.1 Å². The Morgan fingerprint density at radius 3 is 2.40 bits per heavy atom. The minimum atomic E-state index is -2.24. The van der Waals surface area contributed by atoms with Crippen LogP contribution >= 0.6 is 0 Å². The SMILES string of the molecule is CC.O=C1CCC(O)(N2Cc3c(OCc4c(O)c(O)c(CN5CCOCC5)c(O)c4F)cccc3C2=O)C(=O)N1. The molecule has 3 aliphatic rings. The van der Waals surface area contributed by atoms with Crippen molar-refractivity contribution < 1.29 is 48.7 Å². The number of piperidine rings is 1. The topological polar surface area (TPSA) is 169 Å². The van der Waals surface area contributed by atoms with Crippen LogP contribution in [0.5, 0.6) is 23.0 Å². The highest BCUT2D eigenvalue weighted by atomic mass is 19.1. The monoisotopic (exact) mass is 561 g/mol. The van der Waals surface area contributed by atoms with E-state index in [2.05, 4.69) is 0 Å². The van der Waals surface area contributed by atoms with Crippen LogP contribution in [-0.2, 0) is 34.0 Å². The van der Waals surface area contributed by atoms with Crippen LogP contribution in [0.25, 0.3) is 0 Å². The third kappa shape index (κ3) is 5.15. The van der Waals surface area contributed by atoms with Gasteiger partial charge in [-0.2, -0.15) is 0 Å². The molecule has 216 valence electrons. The van der Waals surface area contributed by atoms with Gasteiger partial charge in [-0.3, -0.25) is 29.5 Å². The van der Waals surface area contributed by atoms with Crippen molar-refractivity contribution in [2.24, 2.45) is 0 Å². The molecule has 0 saturated carbocycles. The number of morpholine rings is 1. The normalized spacial score (nSPS) is 21.0. The van der Waals surface area contributed by atoms with Gasteiger partial charge in [0.15, 0.2) is 23.1 Å². The van der Waals surface area contributed by atoms with Gasteiger partial charge in [0, 0.05) is 43.6 Å². The summed E-state index contributed by atoms with van der Waals surface area (Å²) in [6, 6.07) is 4.43. The molecular weight excluding hydrogens is 529 g/mol. The number of rotatable bonds is 6. The zero-order valence-corrected chi connectivity index (χ0v) is 22.2. The molecule has 0 spiro atoms. The minimum absolute atomic E-state index is 0.00112. The number of ether oxygens (including phenoxy) is 2. The molecule has 0 aliphatic carbocycles.